The second-order valence-electron chi connectivity index (χ2n) is 9.63. The molecular formula is C29H22O15. The maximum atomic E-state index is 13.1. The molecule has 4 aromatic carbocycles. The van der Waals surface area contributed by atoms with Gasteiger partial charge in [-0.05, 0) is 36.4 Å². The van der Waals surface area contributed by atoms with Gasteiger partial charge in [0.25, 0.3) is 0 Å². The molecule has 4 aromatic rings. The molecule has 15 heteroatoms. The van der Waals surface area contributed by atoms with Crippen LogP contribution in [-0.2, 0) is 11.2 Å². The van der Waals surface area contributed by atoms with Gasteiger partial charge in [-0.3, -0.25) is 0 Å². The van der Waals surface area contributed by atoms with Crippen molar-refractivity contribution in [3.8, 4) is 69.0 Å². The summed E-state index contributed by atoms with van der Waals surface area (Å²) in [7, 11) is 0. The van der Waals surface area contributed by atoms with E-state index in [2.05, 4.69) is 0 Å². The Kier molecular flexibility index (Phi) is 7.14. The zero-order valence-corrected chi connectivity index (χ0v) is 22.0. The molecule has 0 aromatic heterocycles. The number of hydrogen-bond acceptors (Lipinski definition) is 15. The maximum Gasteiger partial charge on any atom is 0.343 e. The fourth-order valence-corrected chi connectivity index (χ4v) is 4.51. The van der Waals surface area contributed by atoms with Gasteiger partial charge in [-0.1, -0.05) is 0 Å². The number of phenols is 10. The van der Waals surface area contributed by atoms with E-state index in [1.807, 2.05) is 0 Å². The third-order valence-electron chi connectivity index (χ3n) is 6.64. The largest absolute Gasteiger partial charge is 0.508 e. The number of carbonyl (C=O) groups excluding carboxylic acids is 2. The van der Waals surface area contributed by atoms with Crippen molar-refractivity contribution in [1.82, 2.24) is 0 Å². The second-order valence-corrected chi connectivity index (χ2v) is 9.63. The number of esters is 2. The van der Waals surface area contributed by atoms with Gasteiger partial charge in [-0.25, -0.2) is 9.59 Å². The van der Waals surface area contributed by atoms with Crippen LogP contribution in [0.5, 0.6) is 69.0 Å². The van der Waals surface area contributed by atoms with E-state index in [1.165, 1.54) is 0 Å². The highest BCUT2D eigenvalue weighted by molar-refractivity contribution is 5.93. The van der Waals surface area contributed by atoms with Crippen LogP contribution < -0.4 is 9.47 Å². The molecule has 1 aliphatic heterocycles. The molecule has 15 nitrogen and oxygen atoms in total. The topological polar surface area (TPSA) is 264 Å². The Bertz CT molecular complexity index is 1760. The molecule has 0 saturated heterocycles. The van der Waals surface area contributed by atoms with Gasteiger partial charge in [0.1, 0.15) is 23.4 Å². The van der Waals surface area contributed by atoms with Gasteiger partial charge in [-0.2, -0.15) is 0 Å². The van der Waals surface area contributed by atoms with Crippen molar-refractivity contribution in [1.29, 1.82) is 0 Å². The normalized spacial score (nSPS) is 15.5. The minimum atomic E-state index is -1.37. The first-order valence-corrected chi connectivity index (χ1v) is 12.4. The van der Waals surface area contributed by atoms with Crippen molar-refractivity contribution in [3.63, 3.8) is 0 Å². The van der Waals surface area contributed by atoms with Crippen LogP contribution in [-0.4, -0.2) is 69.1 Å². The quantitative estimate of drug-likeness (QED) is 0.0884. The Morgan fingerprint density at radius 3 is 1.57 bits per heavy atom. The summed E-state index contributed by atoms with van der Waals surface area (Å²) in [6.07, 6.45) is -3.04. The molecule has 0 unspecified atom stereocenters. The molecule has 10 N–H and O–H groups in total. The highest BCUT2D eigenvalue weighted by atomic mass is 16.6. The molecule has 0 amide bonds. The predicted octanol–water partition coefficient (Wildman–Crippen LogP) is 2.86. The lowest BCUT2D eigenvalue weighted by atomic mass is 9.93. The van der Waals surface area contributed by atoms with Crippen molar-refractivity contribution < 1.29 is 74.9 Å². The van der Waals surface area contributed by atoms with Crippen LogP contribution in [0.1, 0.15) is 37.9 Å². The molecule has 0 spiro atoms. The monoisotopic (exact) mass is 610 g/mol. The van der Waals surface area contributed by atoms with Gasteiger partial charge >= 0.3 is 11.9 Å². The highest BCUT2D eigenvalue weighted by Gasteiger charge is 2.38. The molecule has 1 heterocycles. The zero-order chi connectivity index (χ0) is 32.0. The Balaban J connectivity index is 1.55. The molecule has 2 atom stereocenters. The molecule has 1 aliphatic rings. The van der Waals surface area contributed by atoms with Crippen molar-refractivity contribution >= 4 is 11.9 Å². The van der Waals surface area contributed by atoms with Crippen LogP contribution in [0.2, 0.25) is 0 Å². The number of ether oxygens (including phenoxy) is 3. The van der Waals surface area contributed by atoms with Gasteiger partial charge in [0.2, 0.25) is 0 Å². The Morgan fingerprint density at radius 2 is 1.07 bits per heavy atom. The average molecular weight is 610 g/mol. The fourth-order valence-electron chi connectivity index (χ4n) is 4.51. The van der Waals surface area contributed by atoms with Gasteiger partial charge in [-0.15, -0.1) is 0 Å². The van der Waals surface area contributed by atoms with E-state index in [9.17, 15) is 60.7 Å². The maximum absolute atomic E-state index is 13.1. The molecule has 0 saturated carbocycles. The number of phenolic OH excluding ortho intramolecular Hbond substituents is 10. The second kappa shape index (κ2) is 10.8. The summed E-state index contributed by atoms with van der Waals surface area (Å²) in [5, 5.41) is 98.7. The van der Waals surface area contributed by atoms with Gasteiger partial charge in [0, 0.05) is 29.7 Å². The van der Waals surface area contributed by atoms with E-state index in [1.54, 1.807) is 0 Å². The standard InChI is InChI=1S/C29H22O15/c30-13-7-21-14(22(8-13)43-28(40)11-3-17(33)25(38)18(34)4-11)9-23(27(42-21)10-1-15(31)24(37)16(32)2-10)44-29(41)12-5-19(35)26(39)20(36)6-12/h1-8,23,27,30-39H,9H2/t23-,27+/m0/s1. The number of hydrogen-bond donors (Lipinski definition) is 10. The predicted molar refractivity (Wildman–Crippen MR) is 144 cm³/mol. The van der Waals surface area contributed by atoms with Gasteiger partial charge in [0.05, 0.1) is 11.1 Å². The molecule has 0 fully saturated rings. The number of aromatic hydroxyl groups is 10. The van der Waals surface area contributed by atoms with Crippen molar-refractivity contribution in [2.75, 3.05) is 0 Å². The van der Waals surface area contributed by atoms with Gasteiger partial charge in [0.15, 0.2) is 57.8 Å². The van der Waals surface area contributed by atoms with Crippen LogP contribution in [0.3, 0.4) is 0 Å². The zero-order valence-electron chi connectivity index (χ0n) is 22.0. The van der Waals surface area contributed by atoms with E-state index in [0.29, 0.717) is 0 Å². The van der Waals surface area contributed by atoms with E-state index in [4.69, 9.17) is 14.2 Å². The molecule has 0 radical (unpaired) electrons. The Hall–Kier alpha value is -6.38. The minimum Gasteiger partial charge on any atom is -0.508 e. The van der Waals surface area contributed by atoms with Crippen LogP contribution in [0.4, 0.5) is 0 Å². The number of rotatable bonds is 5. The molecule has 228 valence electrons. The SMILES string of the molecule is O=C(Oc1cc(O)cc2c1C[C@H](OC(=O)c1cc(O)c(O)c(O)c1)[C@@H](c1cc(O)c(O)c(O)c1)O2)c1cc(O)c(O)c(O)c1. The van der Waals surface area contributed by atoms with Crippen molar-refractivity contribution in [2.45, 2.75) is 18.6 Å². The first-order chi connectivity index (χ1) is 20.7. The van der Waals surface area contributed by atoms with E-state index >= 15 is 0 Å². The number of fused-ring (bicyclic) bond motifs is 1. The average Bonchev–Trinajstić information content (AvgIpc) is 2.96. The third kappa shape index (κ3) is 5.32. The van der Waals surface area contributed by atoms with Crippen molar-refractivity contribution in [2.24, 2.45) is 0 Å². The van der Waals surface area contributed by atoms with Crippen LogP contribution in [0.25, 0.3) is 0 Å². The first-order valence-electron chi connectivity index (χ1n) is 12.4. The summed E-state index contributed by atoms with van der Waals surface area (Å²) in [4.78, 5) is 26.0. The Morgan fingerprint density at radius 1 is 0.614 bits per heavy atom. The summed E-state index contributed by atoms with van der Waals surface area (Å²) in [5.74, 6) is -10.6. The highest BCUT2D eigenvalue weighted by Crippen LogP contribution is 2.47. The fraction of sp³-hybridized carbons (Fsp3) is 0.103. The Labute approximate surface area is 245 Å². The number of benzene rings is 4. The van der Waals surface area contributed by atoms with Crippen molar-refractivity contribution in [3.05, 3.63) is 70.8 Å². The van der Waals surface area contributed by atoms with Crippen LogP contribution >= 0.6 is 0 Å². The molecule has 5 rings (SSSR count). The summed E-state index contributed by atoms with van der Waals surface area (Å²) in [6, 6.07) is 7.44. The smallest absolute Gasteiger partial charge is 0.343 e. The summed E-state index contributed by atoms with van der Waals surface area (Å²) < 4.78 is 16.9. The van der Waals surface area contributed by atoms with Crippen LogP contribution in [0.15, 0.2) is 48.5 Å². The van der Waals surface area contributed by atoms with E-state index in [-0.39, 0.29) is 29.0 Å². The lowest BCUT2D eigenvalue weighted by molar-refractivity contribution is -0.0190. The van der Waals surface area contributed by atoms with Crippen LogP contribution in [0, 0.1) is 0 Å². The lowest BCUT2D eigenvalue weighted by Gasteiger charge is -2.34. The van der Waals surface area contributed by atoms with E-state index < -0.39 is 92.8 Å². The molecule has 0 bridgehead atoms. The molecule has 44 heavy (non-hydrogen) atoms. The van der Waals surface area contributed by atoms with E-state index in [0.717, 1.165) is 48.5 Å². The summed E-state index contributed by atoms with van der Waals surface area (Å²) >= 11 is 0. The van der Waals surface area contributed by atoms with Gasteiger partial charge < -0.3 is 65.3 Å². The minimum absolute atomic E-state index is 0.0189. The third-order valence-corrected chi connectivity index (χ3v) is 6.64. The molecule has 0 aliphatic carbocycles. The first kappa shape index (κ1) is 29.1. The number of carbonyl (C=O) groups is 2. The lowest BCUT2D eigenvalue weighted by Crippen LogP contribution is -2.35. The molecular weight excluding hydrogens is 588 g/mol. The summed E-state index contributed by atoms with van der Waals surface area (Å²) in [6.45, 7) is 0. The summed E-state index contributed by atoms with van der Waals surface area (Å²) in [5.41, 5.74) is -0.756.